The Morgan fingerprint density at radius 2 is 1.56 bits per heavy atom. The maximum Gasteiger partial charge on any atom is 0.264 e. The fraction of sp³-hybridized carbons (Fsp3) is 0.235. The Balaban J connectivity index is 1.79. The molecular weight excluding hydrogens is 678 g/mol. The minimum absolute atomic E-state index is 0.0123. The molecule has 0 aliphatic heterocycles. The van der Waals surface area contributed by atoms with Crippen molar-refractivity contribution in [3.8, 4) is 5.75 Å². The smallest absolute Gasteiger partial charge is 0.264 e. The van der Waals surface area contributed by atoms with Gasteiger partial charge in [-0.1, -0.05) is 70.0 Å². The van der Waals surface area contributed by atoms with Gasteiger partial charge in [-0.15, -0.1) is 0 Å². The molecule has 0 heterocycles. The number of sulfonamides is 1. The molecule has 0 spiro atoms. The second kappa shape index (κ2) is 15.9. The number of nitrogens with one attached hydrogen (secondary N) is 1. The van der Waals surface area contributed by atoms with Gasteiger partial charge in [0.25, 0.3) is 10.0 Å². The summed E-state index contributed by atoms with van der Waals surface area (Å²) in [5.41, 5.74) is 1.82. The molecule has 1 unspecified atom stereocenters. The molecule has 4 aromatic carbocycles. The number of likely N-dealkylation sites (N-methyl/N-ethyl adjacent to an activating group) is 1. The minimum Gasteiger partial charge on any atom is -0.494 e. The highest BCUT2D eigenvalue weighted by Crippen LogP contribution is 2.28. The summed E-state index contributed by atoms with van der Waals surface area (Å²) in [4.78, 5) is 29.5. The lowest BCUT2D eigenvalue weighted by Crippen LogP contribution is -2.53. The van der Waals surface area contributed by atoms with Crippen LogP contribution in [-0.4, -0.2) is 50.9 Å². The Labute approximate surface area is 278 Å². The van der Waals surface area contributed by atoms with Crippen molar-refractivity contribution in [2.24, 2.45) is 0 Å². The van der Waals surface area contributed by atoms with Gasteiger partial charge in [-0.3, -0.25) is 13.9 Å². The molecule has 0 bridgehead atoms. The van der Waals surface area contributed by atoms with Crippen LogP contribution in [0.3, 0.4) is 0 Å². The number of halogens is 2. The zero-order valence-electron chi connectivity index (χ0n) is 25.0. The molecule has 0 saturated heterocycles. The van der Waals surface area contributed by atoms with Crippen molar-refractivity contribution in [2.75, 3.05) is 24.0 Å². The van der Waals surface area contributed by atoms with Crippen molar-refractivity contribution in [3.05, 3.63) is 124 Å². The third-order valence-corrected chi connectivity index (χ3v) is 9.53. The number of hydrogen-bond donors (Lipinski definition) is 1. The van der Waals surface area contributed by atoms with Crippen LogP contribution in [0.5, 0.6) is 5.75 Å². The lowest BCUT2D eigenvalue weighted by molar-refractivity contribution is -0.140. The van der Waals surface area contributed by atoms with E-state index in [2.05, 4.69) is 21.2 Å². The van der Waals surface area contributed by atoms with E-state index in [1.807, 2.05) is 43.3 Å². The van der Waals surface area contributed by atoms with E-state index in [0.29, 0.717) is 34.0 Å². The van der Waals surface area contributed by atoms with Crippen LogP contribution in [0.25, 0.3) is 0 Å². The van der Waals surface area contributed by atoms with Gasteiger partial charge in [-0.25, -0.2) is 8.42 Å². The fourth-order valence-corrected chi connectivity index (χ4v) is 6.71. The van der Waals surface area contributed by atoms with Crippen LogP contribution in [0.15, 0.2) is 112 Å². The van der Waals surface area contributed by atoms with E-state index in [1.165, 1.54) is 17.0 Å². The van der Waals surface area contributed by atoms with Gasteiger partial charge in [-0.05, 0) is 85.6 Å². The number of nitrogens with zero attached hydrogens (tertiary/aromatic N) is 2. The summed E-state index contributed by atoms with van der Waals surface area (Å²) in [5.74, 6) is -0.341. The first kappa shape index (κ1) is 34.0. The number of benzene rings is 4. The maximum atomic E-state index is 14.4. The van der Waals surface area contributed by atoms with Crippen LogP contribution >= 0.6 is 27.5 Å². The lowest BCUT2D eigenvalue weighted by Gasteiger charge is -2.34. The molecule has 0 fully saturated rings. The average Bonchev–Trinajstić information content (AvgIpc) is 3.03. The molecule has 0 aliphatic carbocycles. The molecule has 8 nitrogen and oxygen atoms in total. The topological polar surface area (TPSA) is 96.0 Å². The van der Waals surface area contributed by atoms with Gasteiger partial charge in [0.15, 0.2) is 0 Å². The van der Waals surface area contributed by atoms with E-state index >= 15 is 0 Å². The van der Waals surface area contributed by atoms with Crippen molar-refractivity contribution >= 4 is 55.1 Å². The van der Waals surface area contributed by atoms with Crippen LogP contribution in [0.4, 0.5) is 5.69 Å². The van der Waals surface area contributed by atoms with Gasteiger partial charge in [0.2, 0.25) is 11.8 Å². The molecule has 236 valence electrons. The normalized spacial score (nSPS) is 11.8. The van der Waals surface area contributed by atoms with Crippen LogP contribution in [0, 0.1) is 0 Å². The number of carbonyl (C=O) groups excluding carboxylic acids is 2. The molecule has 1 atom stereocenters. The fourth-order valence-electron chi connectivity index (χ4n) is 4.82. The second-order valence-electron chi connectivity index (χ2n) is 10.1. The van der Waals surface area contributed by atoms with Gasteiger partial charge in [0, 0.05) is 29.0 Å². The summed E-state index contributed by atoms with van der Waals surface area (Å²) < 4.78 is 35.6. The summed E-state index contributed by atoms with van der Waals surface area (Å²) in [6.07, 6.45) is 0.224. The molecule has 0 radical (unpaired) electrons. The Bertz CT molecular complexity index is 1690. The van der Waals surface area contributed by atoms with E-state index in [0.717, 1.165) is 9.87 Å². The summed E-state index contributed by atoms with van der Waals surface area (Å²) >= 11 is 9.64. The molecular formula is C34H35BrClN3O5S. The summed E-state index contributed by atoms with van der Waals surface area (Å²) in [5, 5.41) is 3.33. The highest BCUT2D eigenvalue weighted by Gasteiger charge is 2.34. The second-order valence-corrected chi connectivity index (χ2v) is 13.4. The Kier molecular flexibility index (Phi) is 12.0. The third-order valence-electron chi connectivity index (χ3n) is 6.98. The number of hydrogen-bond acceptors (Lipinski definition) is 5. The van der Waals surface area contributed by atoms with Crippen molar-refractivity contribution in [1.82, 2.24) is 10.2 Å². The predicted octanol–water partition coefficient (Wildman–Crippen LogP) is 6.47. The average molecular weight is 713 g/mol. The van der Waals surface area contributed by atoms with Crippen LogP contribution in [0.1, 0.15) is 25.0 Å². The number of carbonyl (C=O) groups is 2. The van der Waals surface area contributed by atoms with E-state index in [4.69, 9.17) is 16.3 Å². The maximum absolute atomic E-state index is 14.4. The number of ether oxygens (including phenoxy) is 1. The first-order valence-corrected chi connectivity index (χ1v) is 17.1. The molecule has 0 saturated carbocycles. The van der Waals surface area contributed by atoms with Crippen LogP contribution in [0.2, 0.25) is 5.02 Å². The first-order valence-electron chi connectivity index (χ1n) is 14.5. The number of amides is 2. The van der Waals surface area contributed by atoms with Gasteiger partial charge in [0.1, 0.15) is 18.3 Å². The molecule has 4 rings (SSSR count). The summed E-state index contributed by atoms with van der Waals surface area (Å²) in [6, 6.07) is 28.2. The number of anilines is 1. The quantitative estimate of drug-likeness (QED) is 0.162. The zero-order chi connectivity index (χ0) is 32.4. The van der Waals surface area contributed by atoms with Crippen molar-refractivity contribution in [3.63, 3.8) is 0 Å². The zero-order valence-corrected chi connectivity index (χ0v) is 28.2. The molecule has 0 aliphatic rings. The Morgan fingerprint density at radius 3 is 2.18 bits per heavy atom. The third kappa shape index (κ3) is 9.09. The van der Waals surface area contributed by atoms with E-state index in [9.17, 15) is 18.0 Å². The first-order chi connectivity index (χ1) is 21.6. The van der Waals surface area contributed by atoms with Crippen molar-refractivity contribution < 1.29 is 22.7 Å². The Morgan fingerprint density at radius 1 is 0.889 bits per heavy atom. The van der Waals surface area contributed by atoms with Gasteiger partial charge >= 0.3 is 0 Å². The highest BCUT2D eigenvalue weighted by molar-refractivity contribution is 9.10. The number of rotatable bonds is 14. The van der Waals surface area contributed by atoms with Crippen molar-refractivity contribution in [1.29, 1.82) is 0 Å². The summed E-state index contributed by atoms with van der Waals surface area (Å²) in [7, 11) is -4.22. The van der Waals surface area contributed by atoms with Gasteiger partial charge in [0.05, 0.1) is 17.2 Å². The lowest BCUT2D eigenvalue weighted by atomic mass is 10.0. The van der Waals surface area contributed by atoms with E-state index < -0.39 is 28.5 Å². The predicted molar refractivity (Wildman–Crippen MR) is 181 cm³/mol. The molecule has 1 N–H and O–H groups in total. The van der Waals surface area contributed by atoms with Gasteiger partial charge < -0.3 is 15.0 Å². The van der Waals surface area contributed by atoms with Crippen LogP contribution < -0.4 is 14.4 Å². The van der Waals surface area contributed by atoms with E-state index in [1.54, 1.807) is 61.5 Å². The molecule has 4 aromatic rings. The SMILES string of the molecule is CCNC(=O)C(Cc1ccccc1)N(Cc1cccc(Cl)c1)C(=O)CN(c1ccc(OCC)cc1)S(=O)(=O)c1ccc(Br)cc1. The monoisotopic (exact) mass is 711 g/mol. The minimum atomic E-state index is -4.22. The molecule has 45 heavy (non-hydrogen) atoms. The summed E-state index contributed by atoms with van der Waals surface area (Å²) in [6.45, 7) is 3.94. The molecule has 11 heteroatoms. The van der Waals surface area contributed by atoms with Crippen LogP contribution in [-0.2, 0) is 32.6 Å². The molecule has 0 aromatic heterocycles. The highest BCUT2D eigenvalue weighted by atomic mass is 79.9. The Hall–Kier alpha value is -3.86. The standard InChI is InChI=1S/C34H35BrClN3O5S/c1-3-37-34(41)32(22-25-9-6-5-7-10-25)38(23-26-11-8-12-28(36)21-26)33(40)24-39(29-15-17-30(18-16-29)44-4-2)45(42,43)31-19-13-27(35)14-20-31/h5-21,32H,3-4,22-24H2,1-2H3,(H,37,41). The van der Waals surface area contributed by atoms with E-state index in [-0.39, 0.29) is 29.5 Å². The largest absolute Gasteiger partial charge is 0.494 e. The van der Waals surface area contributed by atoms with Crippen molar-refractivity contribution in [2.45, 2.75) is 37.8 Å². The molecule has 2 amide bonds. The van der Waals surface area contributed by atoms with Gasteiger partial charge in [-0.2, -0.15) is 0 Å².